The Morgan fingerprint density at radius 3 is 2.88 bits per heavy atom. The number of nitrogens with zero attached hydrogens (tertiary/aromatic N) is 3. The van der Waals surface area contributed by atoms with Crippen molar-refractivity contribution in [2.24, 2.45) is 0 Å². The third-order valence-corrected chi connectivity index (χ3v) is 4.95. The second-order valence-electron chi connectivity index (χ2n) is 5.85. The number of fused-ring (bicyclic) bond motifs is 1. The summed E-state index contributed by atoms with van der Waals surface area (Å²) >= 11 is 1.34. The van der Waals surface area contributed by atoms with Crippen LogP contribution < -0.4 is 0 Å². The van der Waals surface area contributed by atoms with Gasteiger partial charge in [-0.15, -0.1) is 11.3 Å². The third-order valence-electron chi connectivity index (χ3n) is 4.17. The maximum absolute atomic E-state index is 12.6. The van der Waals surface area contributed by atoms with Crippen LogP contribution in [0.3, 0.4) is 0 Å². The minimum absolute atomic E-state index is 0.101. The van der Waals surface area contributed by atoms with Crippen molar-refractivity contribution in [2.75, 3.05) is 0 Å². The number of aromatic hydroxyl groups is 2. The fourth-order valence-corrected chi connectivity index (χ4v) is 3.70. The number of aromatic nitrogens is 4. The number of ketones is 1. The SMILES string of the molecule is CCCC(=O)c1c(O)c(O)n(-c2ccc3nc[nH]c3c2)c1-c1nccs1. The van der Waals surface area contributed by atoms with E-state index in [4.69, 9.17) is 0 Å². The molecule has 0 atom stereocenters. The molecule has 0 saturated heterocycles. The van der Waals surface area contributed by atoms with Gasteiger partial charge in [-0.25, -0.2) is 9.97 Å². The largest absolute Gasteiger partial charge is 0.503 e. The topological polar surface area (TPSA) is 104 Å². The van der Waals surface area contributed by atoms with E-state index in [1.807, 2.05) is 6.92 Å². The molecular formula is C18H16N4O3S. The van der Waals surface area contributed by atoms with E-state index >= 15 is 0 Å². The lowest BCUT2D eigenvalue weighted by atomic mass is 10.1. The van der Waals surface area contributed by atoms with Crippen molar-refractivity contribution in [3.8, 4) is 28.0 Å². The van der Waals surface area contributed by atoms with Crippen LogP contribution in [0.1, 0.15) is 30.1 Å². The molecule has 0 saturated carbocycles. The number of imidazole rings is 1. The summed E-state index contributed by atoms with van der Waals surface area (Å²) in [5, 5.41) is 23.4. The molecule has 0 aliphatic rings. The van der Waals surface area contributed by atoms with Crippen LogP contribution in [0.5, 0.6) is 11.6 Å². The molecule has 26 heavy (non-hydrogen) atoms. The van der Waals surface area contributed by atoms with Gasteiger partial charge in [0, 0.05) is 18.0 Å². The number of nitrogens with one attached hydrogen (secondary N) is 1. The van der Waals surface area contributed by atoms with E-state index in [0.29, 0.717) is 22.8 Å². The van der Waals surface area contributed by atoms with Gasteiger partial charge in [-0.2, -0.15) is 0 Å². The van der Waals surface area contributed by atoms with Gasteiger partial charge in [-0.1, -0.05) is 6.92 Å². The first kappa shape index (κ1) is 16.3. The number of H-pyrrole nitrogens is 1. The molecule has 0 amide bonds. The molecule has 4 rings (SSSR count). The zero-order chi connectivity index (χ0) is 18.3. The highest BCUT2D eigenvalue weighted by Crippen LogP contribution is 2.44. The molecule has 0 aliphatic heterocycles. The van der Waals surface area contributed by atoms with E-state index < -0.39 is 5.75 Å². The Morgan fingerprint density at radius 2 is 2.15 bits per heavy atom. The second kappa shape index (κ2) is 6.30. The van der Waals surface area contributed by atoms with Crippen LogP contribution >= 0.6 is 11.3 Å². The van der Waals surface area contributed by atoms with Crippen molar-refractivity contribution >= 4 is 28.2 Å². The van der Waals surface area contributed by atoms with Crippen molar-refractivity contribution in [3.63, 3.8) is 0 Å². The molecular weight excluding hydrogens is 352 g/mol. The van der Waals surface area contributed by atoms with Crippen molar-refractivity contribution in [2.45, 2.75) is 19.8 Å². The molecule has 132 valence electrons. The Labute approximate surface area is 152 Å². The van der Waals surface area contributed by atoms with E-state index in [1.165, 1.54) is 15.9 Å². The molecule has 0 fully saturated rings. The predicted octanol–water partition coefficient (Wildman–Crippen LogP) is 3.87. The predicted molar refractivity (Wildman–Crippen MR) is 99.1 cm³/mol. The summed E-state index contributed by atoms with van der Waals surface area (Å²) in [7, 11) is 0. The first-order chi connectivity index (χ1) is 12.6. The van der Waals surface area contributed by atoms with Gasteiger partial charge in [-0.05, 0) is 24.6 Å². The second-order valence-corrected chi connectivity index (χ2v) is 6.74. The molecule has 0 radical (unpaired) electrons. The monoisotopic (exact) mass is 368 g/mol. The Hall–Kier alpha value is -3.13. The van der Waals surface area contributed by atoms with Crippen LogP contribution in [0.25, 0.3) is 27.4 Å². The molecule has 3 heterocycles. The molecule has 3 N–H and O–H groups in total. The Kier molecular flexibility index (Phi) is 3.96. The molecule has 0 unspecified atom stereocenters. The van der Waals surface area contributed by atoms with Crippen molar-refractivity contribution < 1.29 is 15.0 Å². The van der Waals surface area contributed by atoms with Crippen LogP contribution in [0.2, 0.25) is 0 Å². The summed E-state index contributed by atoms with van der Waals surface area (Å²) in [4.78, 5) is 24.1. The zero-order valence-corrected chi connectivity index (χ0v) is 14.7. The number of rotatable bonds is 5. The fourth-order valence-electron chi connectivity index (χ4n) is 3.02. The molecule has 8 heteroatoms. The van der Waals surface area contributed by atoms with Crippen LogP contribution in [-0.4, -0.2) is 35.5 Å². The lowest BCUT2D eigenvalue weighted by Gasteiger charge is -2.10. The van der Waals surface area contributed by atoms with Crippen LogP contribution in [0.15, 0.2) is 36.1 Å². The molecule has 3 aromatic heterocycles. The number of hydrogen-bond donors (Lipinski definition) is 3. The number of Topliss-reactive ketones (excluding diaryl/α,β-unsaturated/α-hetero) is 1. The number of carbonyl (C=O) groups excluding carboxylic acids is 1. The van der Waals surface area contributed by atoms with E-state index in [2.05, 4.69) is 15.0 Å². The standard InChI is InChI=1S/C18H16N4O3S/c1-2-3-13(23)14-15(17-19-6-7-26-17)22(18(25)16(14)24)10-4-5-11-12(8-10)21-9-20-11/h4-9,24-25H,2-3H2,1H3,(H,20,21). The molecule has 4 aromatic rings. The Morgan fingerprint density at radius 1 is 1.31 bits per heavy atom. The number of benzene rings is 1. The minimum Gasteiger partial charge on any atom is -0.503 e. The first-order valence-corrected chi connectivity index (χ1v) is 9.03. The Bertz CT molecular complexity index is 1100. The highest BCUT2D eigenvalue weighted by atomic mass is 32.1. The van der Waals surface area contributed by atoms with Gasteiger partial charge in [0.15, 0.2) is 11.5 Å². The van der Waals surface area contributed by atoms with Gasteiger partial charge >= 0.3 is 0 Å². The first-order valence-electron chi connectivity index (χ1n) is 8.15. The summed E-state index contributed by atoms with van der Waals surface area (Å²) < 4.78 is 1.46. The summed E-state index contributed by atoms with van der Waals surface area (Å²) in [5.74, 6) is -1.03. The van der Waals surface area contributed by atoms with Gasteiger partial charge < -0.3 is 15.2 Å². The van der Waals surface area contributed by atoms with Gasteiger partial charge in [0.25, 0.3) is 0 Å². The molecule has 0 aliphatic carbocycles. The average molecular weight is 368 g/mol. The highest BCUT2D eigenvalue weighted by molar-refractivity contribution is 7.13. The lowest BCUT2D eigenvalue weighted by molar-refractivity contribution is 0.0979. The van der Waals surface area contributed by atoms with Gasteiger partial charge in [-0.3, -0.25) is 9.36 Å². The van der Waals surface area contributed by atoms with Crippen molar-refractivity contribution in [1.29, 1.82) is 0 Å². The minimum atomic E-state index is -0.418. The normalized spacial score (nSPS) is 11.3. The molecule has 7 nitrogen and oxygen atoms in total. The molecule has 0 bridgehead atoms. The lowest BCUT2D eigenvalue weighted by Crippen LogP contribution is -2.03. The number of thiazole rings is 1. The number of aromatic amines is 1. The Balaban J connectivity index is 2.02. The quantitative estimate of drug-likeness (QED) is 0.464. The van der Waals surface area contributed by atoms with Crippen LogP contribution in [0, 0.1) is 0 Å². The number of hydrogen-bond acceptors (Lipinski definition) is 6. The number of carbonyl (C=O) groups is 1. The van der Waals surface area contributed by atoms with E-state index in [-0.39, 0.29) is 23.6 Å². The van der Waals surface area contributed by atoms with Crippen molar-refractivity contribution in [1.82, 2.24) is 19.5 Å². The van der Waals surface area contributed by atoms with E-state index in [0.717, 1.165) is 11.0 Å². The van der Waals surface area contributed by atoms with E-state index in [9.17, 15) is 15.0 Å². The summed E-state index contributed by atoms with van der Waals surface area (Å²) in [5.41, 5.74) is 2.65. The van der Waals surface area contributed by atoms with Crippen LogP contribution in [0.4, 0.5) is 0 Å². The zero-order valence-electron chi connectivity index (χ0n) is 13.9. The fraction of sp³-hybridized carbons (Fsp3) is 0.167. The highest BCUT2D eigenvalue weighted by Gasteiger charge is 2.29. The average Bonchev–Trinajstić information content (AvgIpc) is 3.35. The summed E-state index contributed by atoms with van der Waals surface area (Å²) in [6.07, 6.45) is 4.12. The van der Waals surface area contributed by atoms with Gasteiger partial charge in [0.2, 0.25) is 5.88 Å². The molecule has 1 aromatic carbocycles. The third kappa shape index (κ3) is 2.46. The smallest absolute Gasteiger partial charge is 0.240 e. The maximum Gasteiger partial charge on any atom is 0.240 e. The van der Waals surface area contributed by atoms with Crippen LogP contribution in [-0.2, 0) is 0 Å². The molecule has 0 spiro atoms. The summed E-state index contributed by atoms with van der Waals surface area (Å²) in [6.45, 7) is 1.89. The summed E-state index contributed by atoms with van der Waals surface area (Å²) in [6, 6.07) is 5.37. The van der Waals surface area contributed by atoms with E-state index in [1.54, 1.807) is 36.1 Å². The maximum atomic E-state index is 12.6. The van der Waals surface area contributed by atoms with Gasteiger partial charge in [0.1, 0.15) is 5.01 Å². The van der Waals surface area contributed by atoms with Crippen molar-refractivity contribution in [3.05, 3.63) is 41.7 Å². The van der Waals surface area contributed by atoms with Gasteiger partial charge in [0.05, 0.1) is 34.3 Å².